The molecule has 0 amide bonds. The van der Waals surface area contributed by atoms with Gasteiger partial charge in [-0.1, -0.05) is 27.5 Å². The molecule has 4 nitrogen and oxygen atoms in total. The van der Waals surface area contributed by atoms with Gasteiger partial charge in [-0.3, -0.25) is 0 Å². The van der Waals surface area contributed by atoms with Crippen molar-refractivity contribution >= 4 is 33.2 Å². The summed E-state index contributed by atoms with van der Waals surface area (Å²) in [5.74, 6) is 1.47. The Labute approximate surface area is 135 Å². The minimum Gasteiger partial charge on any atom is -0.454 e. The molecule has 1 aliphatic heterocycles. The molecule has 0 saturated carbocycles. The van der Waals surface area contributed by atoms with Crippen LogP contribution in [0, 0.1) is 11.3 Å². The summed E-state index contributed by atoms with van der Waals surface area (Å²) in [5, 5.41) is 12.6. The van der Waals surface area contributed by atoms with Gasteiger partial charge in [-0.15, -0.1) is 0 Å². The predicted molar refractivity (Wildman–Crippen MR) is 83.8 cm³/mol. The van der Waals surface area contributed by atoms with E-state index in [-0.39, 0.29) is 6.79 Å². The second-order valence-electron chi connectivity index (χ2n) is 4.46. The van der Waals surface area contributed by atoms with E-state index in [4.69, 9.17) is 26.3 Å². The standard InChI is InChI=1S/C15H10BrClN2O2/c16-11-5-15-14(20-8-21-15)4-10(11)7-19-13-2-1-9(6-18)3-12(13)17/h1-5,19H,7-8H2. The zero-order chi connectivity index (χ0) is 14.8. The number of fused-ring (bicyclic) bond motifs is 1. The maximum absolute atomic E-state index is 8.83. The summed E-state index contributed by atoms with van der Waals surface area (Å²) in [6.07, 6.45) is 0. The Morgan fingerprint density at radius 2 is 2.00 bits per heavy atom. The third-order valence-corrected chi connectivity index (χ3v) is 4.16. The molecule has 1 aliphatic rings. The summed E-state index contributed by atoms with van der Waals surface area (Å²) in [7, 11) is 0. The SMILES string of the molecule is N#Cc1ccc(NCc2cc3c(cc2Br)OCO3)c(Cl)c1. The van der Waals surface area contributed by atoms with E-state index in [0.29, 0.717) is 17.1 Å². The molecule has 0 bridgehead atoms. The Morgan fingerprint density at radius 3 is 2.71 bits per heavy atom. The van der Waals surface area contributed by atoms with E-state index in [1.54, 1.807) is 18.2 Å². The first-order valence-electron chi connectivity index (χ1n) is 6.19. The summed E-state index contributed by atoms with van der Waals surface area (Å²) in [4.78, 5) is 0. The third kappa shape index (κ3) is 2.92. The second-order valence-corrected chi connectivity index (χ2v) is 5.72. The summed E-state index contributed by atoms with van der Waals surface area (Å²) >= 11 is 9.65. The smallest absolute Gasteiger partial charge is 0.231 e. The minimum atomic E-state index is 0.250. The zero-order valence-electron chi connectivity index (χ0n) is 10.8. The number of halogens is 2. The van der Waals surface area contributed by atoms with Gasteiger partial charge in [-0.25, -0.2) is 0 Å². The Balaban J connectivity index is 1.78. The highest BCUT2D eigenvalue weighted by molar-refractivity contribution is 9.10. The van der Waals surface area contributed by atoms with Crippen molar-refractivity contribution in [2.45, 2.75) is 6.54 Å². The van der Waals surface area contributed by atoms with E-state index >= 15 is 0 Å². The monoisotopic (exact) mass is 364 g/mol. The van der Waals surface area contributed by atoms with Crippen LogP contribution < -0.4 is 14.8 Å². The van der Waals surface area contributed by atoms with Crippen molar-refractivity contribution in [3.63, 3.8) is 0 Å². The maximum Gasteiger partial charge on any atom is 0.231 e. The molecule has 0 aromatic heterocycles. The number of nitrogens with zero attached hydrogens (tertiary/aromatic N) is 1. The fraction of sp³-hybridized carbons (Fsp3) is 0.133. The van der Waals surface area contributed by atoms with E-state index in [9.17, 15) is 0 Å². The average molecular weight is 366 g/mol. The molecule has 0 aliphatic carbocycles. The first kappa shape index (κ1) is 14.1. The largest absolute Gasteiger partial charge is 0.454 e. The summed E-state index contributed by atoms with van der Waals surface area (Å²) < 4.78 is 11.6. The molecule has 1 heterocycles. The summed E-state index contributed by atoms with van der Waals surface area (Å²) in [5.41, 5.74) is 2.34. The van der Waals surface area contributed by atoms with E-state index in [1.165, 1.54) is 0 Å². The molecule has 0 radical (unpaired) electrons. The van der Waals surface area contributed by atoms with Crippen molar-refractivity contribution in [1.29, 1.82) is 5.26 Å². The molecule has 2 aromatic carbocycles. The Kier molecular flexibility index (Phi) is 3.91. The van der Waals surface area contributed by atoms with Crippen LogP contribution >= 0.6 is 27.5 Å². The Bertz CT molecular complexity index is 743. The van der Waals surface area contributed by atoms with E-state index in [2.05, 4.69) is 27.3 Å². The van der Waals surface area contributed by atoms with Crippen LogP contribution in [-0.4, -0.2) is 6.79 Å². The number of benzene rings is 2. The molecule has 2 aromatic rings. The molecular weight excluding hydrogens is 356 g/mol. The number of rotatable bonds is 3. The molecular formula is C15H10BrClN2O2. The lowest BCUT2D eigenvalue weighted by atomic mass is 10.2. The fourth-order valence-corrected chi connectivity index (χ4v) is 2.72. The topological polar surface area (TPSA) is 54.3 Å². The number of hydrogen-bond donors (Lipinski definition) is 1. The molecule has 0 fully saturated rings. The van der Waals surface area contributed by atoms with Gasteiger partial charge in [0.05, 0.1) is 22.3 Å². The Morgan fingerprint density at radius 1 is 1.24 bits per heavy atom. The molecule has 21 heavy (non-hydrogen) atoms. The fourth-order valence-electron chi connectivity index (χ4n) is 2.01. The van der Waals surface area contributed by atoms with Crippen LogP contribution in [0.25, 0.3) is 0 Å². The van der Waals surface area contributed by atoms with Crippen LogP contribution in [-0.2, 0) is 6.54 Å². The molecule has 0 unspecified atom stereocenters. The second kappa shape index (κ2) is 5.84. The number of anilines is 1. The first-order chi connectivity index (χ1) is 10.2. The number of hydrogen-bond acceptors (Lipinski definition) is 4. The molecule has 1 N–H and O–H groups in total. The number of ether oxygens (including phenoxy) is 2. The van der Waals surface area contributed by atoms with E-state index in [0.717, 1.165) is 27.2 Å². The van der Waals surface area contributed by atoms with Gasteiger partial charge in [0.1, 0.15) is 0 Å². The lowest BCUT2D eigenvalue weighted by molar-refractivity contribution is 0.174. The quantitative estimate of drug-likeness (QED) is 0.880. The average Bonchev–Trinajstić information content (AvgIpc) is 2.92. The molecule has 0 atom stereocenters. The van der Waals surface area contributed by atoms with Crippen LogP contribution in [0.2, 0.25) is 5.02 Å². The van der Waals surface area contributed by atoms with Crippen molar-refractivity contribution < 1.29 is 9.47 Å². The molecule has 6 heteroatoms. The van der Waals surface area contributed by atoms with Crippen LogP contribution in [0.15, 0.2) is 34.8 Å². The van der Waals surface area contributed by atoms with Gasteiger partial charge in [0.25, 0.3) is 0 Å². The van der Waals surface area contributed by atoms with E-state index in [1.807, 2.05) is 12.1 Å². The van der Waals surface area contributed by atoms with Crippen LogP contribution in [0.1, 0.15) is 11.1 Å². The summed E-state index contributed by atoms with van der Waals surface area (Å²) in [6.45, 7) is 0.822. The van der Waals surface area contributed by atoms with E-state index < -0.39 is 0 Å². The predicted octanol–water partition coefficient (Wildman–Crippen LogP) is 4.31. The number of nitrogens with one attached hydrogen (secondary N) is 1. The maximum atomic E-state index is 8.83. The lowest BCUT2D eigenvalue weighted by Crippen LogP contribution is -2.01. The zero-order valence-corrected chi connectivity index (χ0v) is 13.2. The van der Waals surface area contributed by atoms with Gasteiger partial charge in [0, 0.05) is 11.0 Å². The Hall–Kier alpha value is -1.90. The van der Waals surface area contributed by atoms with Crippen molar-refractivity contribution in [3.8, 4) is 17.6 Å². The highest BCUT2D eigenvalue weighted by atomic mass is 79.9. The van der Waals surface area contributed by atoms with Crippen molar-refractivity contribution in [2.75, 3.05) is 12.1 Å². The third-order valence-electron chi connectivity index (χ3n) is 3.11. The van der Waals surface area contributed by atoms with Gasteiger partial charge in [0.2, 0.25) is 6.79 Å². The highest BCUT2D eigenvalue weighted by Gasteiger charge is 2.16. The first-order valence-corrected chi connectivity index (χ1v) is 7.36. The molecule has 106 valence electrons. The van der Waals surface area contributed by atoms with Crippen molar-refractivity contribution in [2.24, 2.45) is 0 Å². The molecule has 0 spiro atoms. The molecule has 3 rings (SSSR count). The van der Waals surface area contributed by atoms with Crippen LogP contribution in [0.4, 0.5) is 5.69 Å². The van der Waals surface area contributed by atoms with Gasteiger partial charge >= 0.3 is 0 Å². The van der Waals surface area contributed by atoms with Gasteiger partial charge < -0.3 is 14.8 Å². The molecule has 0 saturated heterocycles. The lowest BCUT2D eigenvalue weighted by Gasteiger charge is -2.11. The van der Waals surface area contributed by atoms with Gasteiger partial charge in [0.15, 0.2) is 11.5 Å². The van der Waals surface area contributed by atoms with Gasteiger partial charge in [-0.05, 0) is 35.9 Å². The van der Waals surface area contributed by atoms with Crippen molar-refractivity contribution in [1.82, 2.24) is 0 Å². The number of nitriles is 1. The van der Waals surface area contributed by atoms with Crippen molar-refractivity contribution in [3.05, 3.63) is 51.0 Å². The van der Waals surface area contributed by atoms with Gasteiger partial charge in [-0.2, -0.15) is 5.26 Å². The minimum absolute atomic E-state index is 0.250. The van der Waals surface area contributed by atoms with Crippen LogP contribution in [0.5, 0.6) is 11.5 Å². The highest BCUT2D eigenvalue weighted by Crippen LogP contribution is 2.37. The summed E-state index contributed by atoms with van der Waals surface area (Å²) in [6, 6.07) is 11.0. The van der Waals surface area contributed by atoms with Crippen LogP contribution in [0.3, 0.4) is 0 Å². The normalized spacial score (nSPS) is 12.0.